The van der Waals surface area contributed by atoms with E-state index in [9.17, 15) is 13.5 Å². The van der Waals surface area contributed by atoms with E-state index in [0.29, 0.717) is 5.56 Å². The van der Waals surface area contributed by atoms with Gasteiger partial charge in [-0.15, -0.1) is 11.3 Å². The Hall–Kier alpha value is -1.41. The first-order chi connectivity index (χ1) is 9.90. The van der Waals surface area contributed by atoms with E-state index in [2.05, 4.69) is 4.72 Å². The van der Waals surface area contributed by atoms with Crippen molar-refractivity contribution in [2.45, 2.75) is 10.3 Å². The van der Waals surface area contributed by atoms with Gasteiger partial charge in [-0.2, -0.15) is 0 Å². The van der Waals surface area contributed by atoms with E-state index in [-0.39, 0.29) is 10.8 Å². The molecule has 0 aliphatic carbocycles. The molecule has 2 N–H and O–H groups in total. The molecule has 1 aromatic carbocycles. The molecule has 0 saturated heterocycles. The molecular formula is C14H18N2O3S2. The number of thiophene rings is 1. The maximum absolute atomic E-state index is 12.0. The molecule has 0 aliphatic heterocycles. The van der Waals surface area contributed by atoms with Gasteiger partial charge in [0.2, 0.25) is 10.0 Å². The second-order valence-corrected chi connectivity index (χ2v) is 7.73. The molecule has 0 fully saturated rings. The molecule has 0 bridgehead atoms. The lowest BCUT2D eigenvalue weighted by atomic mass is 10.1. The maximum atomic E-state index is 12.0. The fourth-order valence-corrected chi connectivity index (χ4v) is 3.86. The first-order valence-corrected chi connectivity index (χ1v) is 8.75. The molecule has 0 aliphatic rings. The molecule has 0 radical (unpaired) electrons. The highest BCUT2D eigenvalue weighted by atomic mass is 32.2. The van der Waals surface area contributed by atoms with Crippen molar-refractivity contribution in [2.24, 2.45) is 0 Å². The van der Waals surface area contributed by atoms with Gasteiger partial charge in [-0.05, 0) is 29.1 Å². The highest BCUT2D eigenvalue weighted by molar-refractivity contribution is 7.91. The van der Waals surface area contributed by atoms with Gasteiger partial charge in [0.25, 0.3) is 0 Å². The van der Waals surface area contributed by atoms with E-state index in [1.54, 1.807) is 23.6 Å². The molecule has 1 atom stereocenters. The topological polar surface area (TPSA) is 69.6 Å². The summed E-state index contributed by atoms with van der Waals surface area (Å²) in [5, 5.41) is 11.8. The Labute approximate surface area is 128 Å². The van der Waals surface area contributed by atoms with Crippen LogP contribution in [0.3, 0.4) is 0 Å². The van der Waals surface area contributed by atoms with Crippen molar-refractivity contribution in [3.05, 3.63) is 47.3 Å². The Morgan fingerprint density at radius 1 is 1.24 bits per heavy atom. The number of sulfonamides is 1. The minimum atomic E-state index is -3.54. The fraction of sp³-hybridized carbons (Fsp3) is 0.286. The van der Waals surface area contributed by atoms with Crippen LogP contribution in [-0.2, 0) is 10.0 Å². The van der Waals surface area contributed by atoms with E-state index in [0.717, 1.165) is 17.0 Å². The van der Waals surface area contributed by atoms with Crippen molar-refractivity contribution in [2.75, 3.05) is 25.5 Å². The highest BCUT2D eigenvalue weighted by Gasteiger charge is 2.17. The summed E-state index contributed by atoms with van der Waals surface area (Å²) in [5.74, 6) is 0. The summed E-state index contributed by atoms with van der Waals surface area (Å²) < 4.78 is 26.6. The molecule has 2 aromatic rings. The summed E-state index contributed by atoms with van der Waals surface area (Å²) in [7, 11) is 0.321. The lowest BCUT2D eigenvalue weighted by Gasteiger charge is -2.15. The maximum Gasteiger partial charge on any atom is 0.250 e. The van der Waals surface area contributed by atoms with Gasteiger partial charge in [0.1, 0.15) is 4.21 Å². The van der Waals surface area contributed by atoms with Crippen LogP contribution in [0.5, 0.6) is 0 Å². The van der Waals surface area contributed by atoms with E-state index in [1.165, 1.54) is 6.07 Å². The van der Waals surface area contributed by atoms with Gasteiger partial charge in [-0.1, -0.05) is 18.2 Å². The number of aliphatic hydroxyl groups excluding tert-OH is 1. The zero-order valence-electron chi connectivity index (χ0n) is 11.9. The minimum absolute atomic E-state index is 0.0540. The standard InChI is InChI=1S/C14H18N2O3S2/c1-16(2)12-7-5-11(6-8-12)13(17)10-15-21(18,19)14-4-3-9-20-14/h3-9,13,15,17H,10H2,1-2H3/t13-/m0/s1. The molecule has 5 nitrogen and oxygen atoms in total. The molecule has 0 unspecified atom stereocenters. The summed E-state index contributed by atoms with van der Waals surface area (Å²) in [6.07, 6.45) is -0.879. The first kappa shape index (κ1) is 16.0. The molecule has 114 valence electrons. The molecule has 1 heterocycles. The van der Waals surface area contributed by atoms with Crippen molar-refractivity contribution in [3.8, 4) is 0 Å². The minimum Gasteiger partial charge on any atom is -0.387 e. The quantitative estimate of drug-likeness (QED) is 0.850. The van der Waals surface area contributed by atoms with Gasteiger partial charge < -0.3 is 10.0 Å². The third-order valence-electron chi connectivity index (χ3n) is 3.02. The van der Waals surface area contributed by atoms with Crippen LogP contribution in [0, 0.1) is 0 Å². The van der Waals surface area contributed by atoms with Crippen molar-refractivity contribution < 1.29 is 13.5 Å². The summed E-state index contributed by atoms with van der Waals surface area (Å²) in [6.45, 7) is -0.0540. The highest BCUT2D eigenvalue weighted by Crippen LogP contribution is 2.19. The Morgan fingerprint density at radius 3 is 2.43 bits per heavy atom. The van der Waals surface area contributed by atoms with Crippen LogP contribution >= 0.6 is 11.3 Å². The van der Waals surface area contributed by atoms with Crippen molar-refractivity contribution in [3.63, 3.8) is 0 Å². The third kappa shape index (κ3) is 4.04. The molecule has 21 heavy (non-hydrogen) atoms. The monoisotopic (exact) mass is 326 g/mol. The van der Waals surface area contributed by atoms with Crippen LogP contribution in [-0.4, -0.2) is 34.2 Å². The Kier molecular flexibility index (Phi) is 5.00. The molecule has 0 amide bonds. The Bertz CT molecular complexity index is 665. The zero-order chi connectivity index (χ0) is 15.5. The number of hydrogen-bond acceptors (Lipinski definition) is 5. The molecular weight excluding hydrogens is 308 g/mol. The average molecular weight is 326 g/mol. The molecule has 7 heteroatoms. The van der Waals surface area contributed by atoms with Gasteiger partial charge in [0, 0.05) is 26.3 Å². The van der Waals surface area contributed by atoms with Crippen LogP contribution in [0.1, 0.15) is 11.7 Å². The normalized spacial score (nSPS) is 13.1. The van der Waals surface area contributed by atoms with Gasteiger partial charge in [-0.25, -0.2) is 13.1 Å². The van der Waals surface area contributed by atoms with Crippen molar-refractivity contribution in [1.82, 2.24) is 4.72 Å². The van der Waals surface area contributed by atoms with Crippen LogP contribution < -0.4 is 9.62 Å². The van der Waals surface area contributed by atoms with Crippen LogP contribution in [0.4, 0.5) is 5.69 Å². The first-order valence-electron chi connectivity index (χ1n) is 6.38. The van der Waals surface area contributed by atoms with E-state index < -0.39 is 16.1 Å². The molecule has 2 rings (SSSR count). The number of nitrogens with zero attached hydrogens (tertiary/aromatic N) is 1. The van der Waals surface area contributed by atoms with Gasteiger partial charge in [0.15, 0.2) is 0 Å². The van der Waals surface area contributed by atoms with E-state index >= 15 is 0 Å². The van der Waals surface area contributed by atoms with Gasteiger partial charge in [-0.3, -0.25) is 0 Å². The predicted octanol–water partition coefficient (Wildman–Crippen LogP) is 1.83. The third-order valence-corrected chi connectivity index (χ3v) is 5.84. The second kappa shape index (κ2) is 6.57. The second-order valence-electron chi connectivity index (χ2n) is 4.79. The summed E-state index contributed by atoms with van der Waals surface area (Å²) >= 11 is 1.14. The SMILES string of the molecule is CN(C)c1ccc([C@@H](O)CNS(=O)(=O)c2cccs2)cc1. The number of benzene rings is 1. The fourth-order valence-electron chi connectivity index (χ4n) is 1.79. The zero-order valence-corrected chi connectivity index (χ0v) is 13.5. The van der Waals surface area contributed by atoms with Crippen LogP contribution in [0.2, 0.25) is 0 Å². The van der Waals surface area contributed by atoms with E-state index in [1.807, 2.05) is 31.1 Å². The smallest absolute Gasteiger partial charge is 0.250 e. The number of hydrogen-bond donors (Lipinski definition) is 2. The average Bonchev–Trinajstić information content (AvgIpc) is 3.00. The lowest BCUT2D eigenvalue weighted by molar-refractivity contribution is 0.182. The summed E-state index contributed by atoms with van der Waals surface area (Å²) in [4.78, 5) is 1.95. The largest absolute Gasteiger partial charge is 0.387 e. The number of nitrogens with one attached hydrogen (secondary N) is 1. The summed E-state index contributed by atoms with van der Waals surface area (Å²) in [6, 6.07) is 10.6. The lowest BCUT2D eigenvalue weighted by Crippen LogP contribution is -2.28. The van der Waals surface area contributed by atoms with Crippen LogP contribution in [0.25, 0.3) is 0 Å². The molecule has 0 spiro atoms. The van der Waals surface area contributed by atoms with Crippen LogP contribution in [0.15, 0.2) is 46.0 Å². The molecule has 0 saturated carbocycles. The Morgan fingerprint density at radius 2 is 1.90 bits per heavy atom. The van der Waals surface area contributed by atoms with Crippen molar-refractivity contribution >= 4 is 27.0 Å². The van der Waals surface area contributed by atoms with E-state index in [4.69, 9.17) is 0 Å². The predicted molar refractivity (Wildman–Crippen MR) is 85.2 cm³/mol. The number of anilines is 1. The summed E-state index contributed by atoms with van der Waals surface area (Å²) in [5.41, 5.74) is 1.69. The molecule has 1 aromatic heterocycles. The van der Waals surface area contributed by atoms with Gasteiger partial charge >= 0.3 is 0 Å². The number of rotatable bonds is 6. The van der Waals surface area contributed by atoms with Crippen molar-refractivity contribution in [1.29, 1.82) is 0 Å². The van der Waals surface area contributed by atoms with Gasteiger partial charge in [0.05, 0.1) is 6.10 Å². The number of aliphatic hydroxyl groups is 1. The Balaban J connectivity index is 2.00.